The Morgan fingerprint density at radius 3 is 2.50 bits per heavy atom. The molecule has 1 atom stereocenters. The Labute approximate surface area is 196 Å². The van der Waals surface area contributed by atoms with Gasteiger partial charge >= 0.3 is 0 Å². The third-order valence-electron chi connectivity index (χ3n) is 5.88. The van der Waals surface area contributed by atoms with Crippen LogP contribution in [-0.4, -0.2) is 50.5 Å². The van der Waals surface area contributed by atoms with Gasteiger partial charge in [-0.25, -0.2) is 22.2 Å². The summed E-state index contributed by atoms with van der Waals surface area (Å²) in [6.07, 6.45) is 0.822. The second-order valence-electron chi connectivity index (χ2n) is 8.50. The average molecular weight is 493 g/mol. The summed E-state index contributed by atoms with van der Waals surface area (Å²) >= 11 is 0. The first-order valence-electron chi connectivity index (χ1n) is 10.8. The third-order valence-corrected chi connectivity index (χ3v) is 7.02. The number of anilines is 2. The van der Waals surface area contributed by atoms with Gasteiger partial charge in [-0.05, 0) is 37.6 Å². The number of sulfone groups is 1. The summed E-state index contributed by atoms with van der Waals surface area (Å²) in [5.74, 6) is -2.18. The maximum Gasteiger partial charge on any atom is 0.262 e. The highest BCUT2D eigenvalue weighted by Gasteiger charge is 2.25. The zero-order chi connectivity index (χ0) is 24.8. The van der Waals surface area contributed by atoms with Crippen LogP contribution in [0.25, 0.3) is 10.9 Å². The molecule has 1 saturated heterocycles. The summed E-state index contributed by atoms with van der Waals surface area (Å²) in [5, 5.41) is 3.40. The lowest BCUT2D eigenvalue weighted by atomic mass is 10.0. The number of hydrogen-bond donors (Lipinski definition) is 1. The van der Waals surface area contributed by atoms with E-state index in [-0.39, 0.29) is 11.2 Å². The van der Waals surface area contributed by atoms with Gasteiger partial charge in [0.05, 0.1) is 35.8 Å². The molecule has 1 N–H and O–H groups in total. The molecule has 34 heavy (non-hydrogen) atoms. The summed E-state index contributed by atoms with van der Waals surface area (Å²) in [6, 6.07) is 5.08. The second-order valence-corrected chi connectivity index (χ2v) is 10.5. The van der Waals surface area contributed by atoms with E-state index < -0.39 is 32.4 Å². The van der Waals surface area contributed by atoms with Crippen LogP contribution in [0.1, 0.15) is 24.1 Å². The lowest BCUT2D eigenvalue weighted by Gasteiger charge is -2.29. The summed E-state index contributed by atoms with van der Waals surface area (Å²) in [5.41, 5.74) is 1.61. The maximum absolute atomic E-state index is 14.4. The molecule has 2 heterocycles. The molecule has 0 radical (unpaired) electrons. The number of nitrogens with zero attached hydrogens (tertiary/aromatic N) is 3. The Kier molecular flexibility index (Phi) is 6.34. The van der Waals surface area contributed by atoms with Gasteiger partial charge in [0.1, 0.15) is 4.90 Å². The van der Waals surface area contributed by atoms with E-state index in [9.17, 15) is 22.0 Å². The Balaban J connectivity index is 1.86. The Morgan fingerprint density at radius 1 is 1.18 bits per heavy atom. The van der Waals surface area contributed by atoms with Crippen LogP contribution >= 0.6 is 0 Å². The number of halogens is 2. The molecule has 0 spiro atoms. The fraction of sp³-hybridized carbons (Fsp3) is 0.391. The van der Waals surface area contributed by atoms with Gasteiger partial charge in [-0.1, -0.05) is 6.07 Å². The Morgan fingerprint density at radius 2 is 1.85 bits per heavy atom. The van der Waals surface area contributed by atoms with Crippen molar-refractivity contribution >= 4 is 32.4 Å². The number of aromatic nitrogens is 2. The summed E-state index contributed by atoms with van der Waals surface area (Å²) in [7, 11) is -2.39. The molecule has 3 aromatic rings. The third kappa shape index (κ3) is 4.37. The van der Waals surface area contributed by atoms with E-state index >= 15 is 0 Å². The summed E-state index contributed by atoms with van der Waals surface area (Å²) < 4.78 is 59.5. The van der Waals surface area contributed by atoms with Gasteiger partial charge < -0.3 is 15.0 Å². The van der Waals surface area contributed by atoms with Crippen molar-refractivity contribution in [2.24, 2.45) is 7.05 Å². The number of aryl methyl sites for hydroxylation is 1. The zero-order valence-corrected chi connectivity index (χ0v) is 20.2. The van der Waals surface area contributed by atoms with Crippen LogP contribution in [0.5, 0.6) is 0 Å². The standard InChI is InChI=1S/C23H26F2N4O4S/c1-13-11-15(14(2)26-18-6-5-17(24)19(25)21(18)34(4,31)32)20-16(12-13)22(30)28(3)23(27-20)29-7-9-33-10-8-29/h5-6,11-12,14,26H,7-10H2,1-4H3. The number of morpholine rings is 1. The van der Waals surface area contributed by atoms with Gasteiger partial charge in [0.15, 0.2) is 21.5 Å². The van der Waals surface area contributed by atoms with Crippen LogP contribution in [-0.2, 0) is 21.6 Å². The first-order valence-corrected chi connectivity index (χ1v) is 12.7. The lowest BCUT2D eigenvalue weighted by molar-refractivity contribution is 0.121. The van der Waals surface area contributed by atoms with Crippen molar-refractivity contribution < 1.29 is 21.9 Å². The Hall–Kier alpha value is -3.05. The molecule has 0 aliphatic carbocycles. The number of ether oxygens (including phenoxy) is 1. The fourth-order valence-electron chi connectivity index (χ4n) is 4.24. The largest absolute Gasteiger partial charge is 0.378 e. The van der Waals surface area contributed by atoms with Crippen molar-refractivity contribution in [3.8, 4) is 0 Å². The van der Waals surface area contributed by atoms with E-state index in [0.29, 0.717) is 48.7 Å². The Bertz CT molecular complexity index is 1430. The van der Waals surface area contributed by atoms with Crippen LogP contribution in [0.2, 0.25) is 0 Å². The normalized spacial score (nSPS) is 15.5. The molecule has 11 heteroatoms. The smallest absolute Gasteiger partial charge is 0.262 e. The molecule has 0 amide bonds. The molecule has 182 valence electrons. The molecule has 1 aliphatic rings. The van der Waals surface area contributed by atoms with Gasteiger partial charge in [0.25, 0.3) is 5.56 Å². The van der Waals surface area contributed by atoms with E-state index in [1.807, 2.05) is 17.9 Å². The molecule has 1 unspecified atom stereocenters. The SMILES string of the molecule is Cc1cc(C(C)Nc2ccc(F)c(F)c2S(C)(=O)=O)c2nc(N3CCOCC3)n(C)c(=O)c2c1. The number of hydrogen-bond acceptors (Lipinski definition) is 7. The highest BCUT2D eigenvalue weighted by atomic mass is 32.2. The van der Waals surface area contributed by atoms with Crippen molar-refractivity contribution in [2.45, 2.75) is 24.8 Å². The van der Waals surface area contributed by atoms with E-state index in [2.05, 4.69) is 5.32 Å². The van der Waals surface area contributed by atoms with Crippen LogP contribution in [0.15, 0.2) is 34.0 Å². The molecule has 0 saturated carbocycles. The van der Waals surface area contributed by atoms with Crippen LogP contribution in [0.4, 0.5) is 20.4 Å². The lowest BCUT2D eigenvalue weighted by Crippen LogP contribution is -2.40. The van der Waals surface area contributed by atoms with Crippen molar-refractivity contribution in [3.63, 3.8) is 0 Å². The molecule has 0 bridgehead atoms. The number of fused-ring (bicyclic) bond motifs is 1. The van der Waals surface area contributed by atoms with Gasteiger partial charge in [-0.2, -0.15) is 0 Å². The monoisotopic (exact) mass is 492 g/mol. The molecule has 8 nitrogen and oxygen atoms in total. The van der Waals surface area contributed by atoms with E-state index in [1.54, 1.807) is 20.0 Å². The molecule has 2 aromatic carbocycles. The molecule has 1 fully saturated rings. The van der Waals surface area contributed by atoms with Crippen molar-refractivity contribution in [3.05, 3.63) is 57.4 Å². The first-order chi connectivity index (χ1) is 16.0. The van der Waals surface area contributed by atoms with Crippen molar-refractivity contribution in [1.29, 1.82) is 0 Å². The van der Waals surface area contributed by atoms with Crippen LogP contribution in [0, 0.1) is 18.6 Å². The van der Waals surface area contributed by atoms with E-state index in [0.717, 1.165) is 17.9 Å². The van der Waals surface area contributed by atoms with E-state index in [4.69, 9.17) is 9.72 Å². The molecular weight excluding hydrogens is 466 g/mol. The van der Waals surface area contributed by atoms with Gasteiger partial charge in [0, 0.05) is 32.0 Å². The molecule has 4 rings (SSSR count). The molecule has 1 aromatic heterocycles. The maximum atomic E-state index is 14.4. The van der Waals surface area contributed by atoms with Crippen molar-refractivity contribution in [2.75, 3.05) is 42.8 Å². The van der Waals surface area contributed by atoms with Crippen LogP contribution < -0.4 is 15.8 Å². The predicted octanol–water partition coefficient (Wildman–Crippen LogP) is 2.93. The van der Waals surface area contributed by atoms with Gasteiger partial charge in [-0.3, -0.25) is 9.36 Å². The number of nitrogens with one attached hydrogen (secondary N) is 1. The highest BCUT2D eigenvalue weighted by molar-refractivity contribution is 7.90. The predicted molar refractivity (Wildman–Crippen MR) is 126 cm³/mol. The quantitative estimate of drug-likeness (QED) is 0.585. The minimum Gasteiger partial charge on any atom is -0.378 e. The van der Waals surface area contributed by atoms with Gasteiger partial charge in [-0.15, -0.1) is 0 Å². The topological polar surface area (TPSA) is 93.5 Å². The zero-order valence-electron chi connectivity index (χ0n) is 19.4. The van der Waals surface area contributed by atoms with Gasteiger partial charge in [0.2, 0.25) is 5.95 Å². The average Bonchev–Trinajstić information content (AvgIpc) is 2.78. The summed E-state index contributed by atoms with van der Waals surface area (Å²) in [4.78, 5) is 19.3. The first kappa shape index (κ1) is 24.1. The highest BCUT2D eigenvalue weighted by Crippen LogP contribution is 2.32. The molecule has 1 aliphatic heterocycles. The fourth-order valence-corrected chi connectivity index (χ4v) is 5.19. The minimum absolute atomic E-state index is 0.0687. The van der Waals surface area contributed by atoms with Crippen LogP contribution in [0.3, 0.4) is 0 Å². The number of rotatable bonds is 5. The second kappa shape index (κ2) is 8.95. The number of benzene rings is 2. The molecular formula is C23H26F2N4O4S. The van der Waals surface area contributed by atoms with Crippen molar-refractivity contribution in [1.82, 2.24) is 9.55 Å². The summed E-state index contributed by atoms with van der Waals surface area (Å²) in [6.45, 7) is 5.81. The minimum atomic E-state index is -4.06. The van der Waals surface area contributed by atoms with E-state index in [1.165, 1.54) is 10.6 Å².